The van der Waals surface area contributed by atoms with Gasteiger partial charge in [0.2, 0.25) is 0 Å². The number of nitrogens with two attached hydrogens (primary N) is 1. The lowest BCUT2D eigenvalue weighted by Crippen LogP contribution is -2.20. The summed E-state index contributed by atoms with van der Waals surface area (Å²) in [6.45, 7) is 2.87. The third-order valence-corrected chi connectivity index (χ3v) is 3.70. The van der Waals surface area contributed by atoms with Crippen molar-refractivity contribution >= 4 is 11.0 Å². The van der Waals surface area contributed by atoms with Gasteiger partial charge >= 0.3 is 0 Å². The topological polar surface area (TPSA) is 54.7 Å². The molecule has 1 saturated carbocycles. The fraction of sp³-hybridized carbons (Fsp3) is 0.462. The zero-order valence-electron chi connectivity index (χ0n) is 9.59. The molecule has 1 aromatic carbocycles. The number of hydrogen-bond acceptors (Lipinski definition) is 2. The van der Waals surface area contributed by atoms with E-state index in [4.69, 9.17) is 5.73 Å². The van der Waals surface area contributed by atoms with Crippen LogP contribution in [0.4, 0.5) is 0 Å². The molecule has 0 amide bonds. The molecule has 0 spiro atoms. The Bertz CT molecular complexity index is 523. The van der Waals surface area contributed by atoms with Crippen molar-refractivity contribution in [2.75, 3.05) is 6.54 Å². The minimum absolute atomic E-state index is 0.158. The summed E-state index contributed by atoms with van der Waals surface area (Å²) in [7, 11) is 0. The SMILES string of the molecule is CCc1ccc2nc(C3(CN)CC3)[nH]c2c1. The van der Waals surface area contributed by atoms with E-state index in [2.05, 4.69) is 35.1 Å². The lowest BCUT2D eigenvalue weighted by molar-refractivity contribution is 0.662. The molecule has 1 heterocycles. The quantitative estimate of drug-likeness (QED) is 0.824. The van der Waals surface area contributed by atoms with Crippen molar-refractivity contribution in [1.29, 1.82) is 0 Å². The Hall–Kier alpha value is -1.35. The van der Waals surface area contributed by atoms with Gasteiger partial charge in [-0.3, -0.25) is 0 Å². The summed E-state index contributed by atoms with van der Waals surface area (Å²) in [5.74, 6) is 1.08. The van der Waals surface area contributed by atoms with Crippen LogP contribution in [0.15, 0.2) is 18.2 Å². The molecule has 3 heteroatoms. The van der Waals surface area contributed by atoms with Crippen LogP contribution in [0, 0.1) is 0 Å². The molecule has 2 aromatic rings. The van der Waals surface area contributed by atoms with Crippen molar-refractivity contribution in [3.05, 3.63) is 29.6 Å². The number of rotatable bonds is 3. The second-order valence-corrected chi connectivity index (χ2v) is 4.77. The number of aromatic nitrogens is 2. The van der Waals surface area contributed by atoms with E-state index in [9.17, 15) is 0 Å². The Labute approximate surface area is 95.1 Å². The zero-order valence-corrected chi connectivity index (χ0v) is 9.59. The zero-order chi connectivity index (χ0) is 11.2. The average molecular weight is 215 g/mol. The van der Waals surface area contributed by atoms with Gasteiger partial charge in [-0.1, -0.05) is 13.0 Å². The first-order valence-electron chi connectivity index (χ1n) is 5.96. The van der Waals surface area contributed by atoms with Gasteiger partial charge in [0.15, 0.2) is 0 Å². The Morgan fingerprint density at radius 3 is 2.88 bits per heavy atom. The van der Waals surface area contributed by atoms with Gasteiger partial charge in [0.1, 0.15) is 5.82 Å². The number of aryl methyl sites for hydroxylation is 1. The second-order valence-electron chi connectivity index (χ2n) is 4.77. The summed E-state index contributed by atoms with van der Waals surface area (Å²) in [6.07, 6.45) is 3.40. The first-order chi connectivity index (χ1) is 7.77. The van der Waals surface area contributed by atoms with Crippen molar-refractivity contribution in [2.24, 2.45) is 5.73 Å². The fourth-order valence-corrected chi connectivity index (χ4v) is 2.22. The van der Waals surface area contributed by atoms with Crippen molar-refractivity contribution < 1.29 is 0 Å². The van der Waals surface area contributed by atoms with Crippen LogP contribution < -0.4 is 5.73 Å². The summed E-state index contributed by atoms with van der Waals surface area (Å²) in [5, 5.41) is 0. The number of imidazole rings is 1. The van der Waals surface area contributed by atoms with Crippen LogP contribution in [0.3, 0.4) is 0 Å². The molecule has 0 unspecified atom stereocenters. The normalized spacial score (nSPS) is 17.9. The lowest BCUT2D eigenvalue weighted by atomic mass is 10.1. The average Bonchev–Trinajstić information content (AvgIpc) is 3.01. The molecule has 84 valence electrons. The molecular formula is C13H17N3. The van der Waals surface area contributed by atoms with Crippen LogP contribution in [0.2, 0.25) is 0 Å². The predicted octanol–water partition coefficient (Wildman–Crippen LogP) is 2.12. The second kappa shape index (κ2) is 3.32. The third kappa shape index (κ3) is 1.35. The molecule has 0 bridgehead atoms. The Morgan fingerprint density at radius 2 is 2.25 bits per heavy atom. The molecule has 16 heavy (non-hydrogen) atoms. The summed E-state index contributed by atoms with van der Waals surface area (Å²) >= 11 is 0. The Balaban J connectivity index is 2.09. The van der Waals surface area contributed by atoms with E-state index < -0.39 is 0 Å². The molecule has 3 nitrogen and oxygen atoms in total. The summed E-state index contributed by atoms with van der Waals surface area (Å²) in [4.78, 5) is 8.09. The van der Waals surface area contributed by atoms with Gasteiger partial charge in [-0.15, -0.1) is 0 Å². The standard InChI is InChI=1S/C13H17N3/c1-2-9-3-4-10-11(7-9)16-12(15-10)13(8-14)5-6-13/h3-4,7H,2,5-6,8,14H2,1H3,(H,15,16). The van der Waals surface area contributed by atoms with Gasteiger partial charge < -0.3 is 10.7 Å². The molecule has 1 aliphatic rings. The van der Waals surface area contributed by atoms with Gasteiger partial charge in [0, 0.05) is 12.0 Å². The van der Waals surface area contributed by atoms with Gasteiger partial charge in [0.25, 0.3) is 0 Å². The lowest BCUT2D eigenvalue weighted by Gasteiger charge is -2.06. The van der Waals surface area contributed by atoms with Crippen LogP contribution >= 0.6 is 0 Å². The summed E-state index contributed by atoms with van der Waals surface area (Å²) in [5.41, 5.74) is 9.53. The van der Waals surface area contributed by atoms with Gasteiger partial charge in [-0.05, 0) is 37.0 Å². The number of benzene rings is 1. The third-order valence-electron chi connectivity index (χ3n) is 3.70. The number of nitrogens with one attached hydrogen (secondary N) is 1. The maximum absolute atomic E-state index is 5.82. The molecule has 1 aliphatic carbocycles. The van der Waals surface area contributed by atoms with Gasteiger partial charge in [-0.2, -0.15) is 0 Å². The van der Waals surface area contributed by atoms with Gasteiger partial charge in [0.05, 0.1) is 11.0 Å². The van der Waals surface area contributed by atoms with Crippen molar-refractivity contribution in [1.82, 2.24) is 9.97 Å². The Morgan fingerprint density at radius 1 is 1.44 bits per heavy atom. The number of nitrogens with zero attached hydrogens (tertiary/aromatic N) is 1. The summed E-state index contributed by atoms with van der Waals surface area (Å²) in [6, 6.07) is 6.44. The number of H-pyrrole nitrogens is 1. The first-order valence-corrected chi connectivity index (χ1v) is 5.96. The molecule has 0 radical (unpaired) electrons. The molecule has 1 fully saturated rings. The van der Waals surface area contributed by atoms with Crippen molar-refractivity contribution in [3.8, 4) is 0 Å². The number of aromatic amines is 1. The fourth-order valence-electron chi connectivity index (χ4n) is 2.22. The molecular weight excluding hydrogens is 198 g/mol. The smallest absolute Gasteiger partial charge is 0.114 e. The predicted molar refractivity (Wildman–Crippen MR) is 65.4 cm³/mol. The van der Waals surface area contributed by atoms with E-state index >= 15 is 0 Å². The number of fused-ring (bicyclic) bond motifs is 1. The molecule has 3 rings (SSSR count). The summed E-state index contributed by atoms with van der Waals surface area (Å²) < 4.78 is 0. The van der Waals surface area contributed by atoms with Crippen LogP contribution in [0.1, 0.15) is 31.2 Å². The highest BCUT2D eigenvalue weighted by molar-refractivity contribution is 5.76. The molecule has 1 aromatic heterocycles. The largest absolute Gasteiger partial charge is 0.341 e. The maximum Gasteiger partial charge on any atom is 0.114 e. The van der Waals surface area contributed by atoms with E-state index in [0.29, 0.717) is 6.54 Å². The highest BCUT2D eigenvalue weighted by Crippen LogP contribution is 2.46. The van der Waals surface area contributed by atoms with E-state index in [1.807, 2.05) is 0 Å². The van der Waals surface area contributed by atoms with Crippen molar-refractivity contribution in [3.63, 3.8) is 0 Å². The first kappa shape index (κ1) is 9.85. The van der Waals surface area contributed by atoms with Gasteiger partial charge in [-0.25, -0.2) is 4.98 Å². The highest BCUT2D eigenvalue weighted by Gasteiger charge is 2.45. The van der Waals surface area contributed by atoms with E-state index in [-0.39, 0.29) is 5.41 Å². The van der Waals surface area contributed by atoms with Crippen LogP contribution in [-0.2, 0) is 11.8 Å². The van der Waals surface area contributed by atoms with E-state index in [1.165, 1.54) is 18.4 Å². The minimum atomic E-state index is 0.158. The monoisotopic (exact) mass is 215 g/mol. The van der Waals surface area contributed by atoms with E-state index in [1.54, 1.807) is 0 Å². The van der Waals surface area contributed by atoms with Crippen molar-refractivity contribution in [2.45, 2.75) is 31.6 Å². The maximum atomic E-state index is 5.82. The minimum Gasteiger partial charge on any atom is -0.341 e. The van der Waals surface area contributed by atoms with Crippen LogP contribution in [0.5, 0.6) is 0 Å². The van der Waals surface area contributed by atoms with Crippen LogP contribution in [0.25, 0.3) is 11.0 Å². The highest BCUT2D eigenvalue weighted by atomic mass is 15.0. The molecule has 3 N–H and O–H groups in total. The Kier molecular flexibility index (Phi) is 2.04. The van der Waals surface area contributed by atoms with E-state index in [0.717, 1.165) is 23.3 Å². The molecule has 0 aliphatic heterocycles. The molecule has 0 atom stereocenters. The van der Waals surface area contributed by atoms with Crippen LogP contribution in [-0.4, -0.2) is 16.5 Å². The number of hydrogen-bond donors (Lipinski definition) is 2. The molecule has 0 saturated heterocycles.